The first-order valence-corrected chi connectivity index (χ1v) is 9.52. The molecule has 4 rings (SSSR count). The normalized spacial score (nSPS) is 22.4. The van der Waals surface area contributed by atoms with Crippen molar-refractivity contribution in [3.05, 3.63) is 77.4 Å². The molecule has 0 aromatic heterocycles. The number of carbonyl (C=O) groups excluding carboxylic acids is 1. The lowest BCUT2D eigenvalue weighted by atomic mass is 9.77. The molecule has 0 radical (unpaired) electrons. The molecule has 1 fully saturated rings. The molecule has 2 aliphatic rings. The van der Waals surface area contributed by atoms with Gasteiger partial charge in [0.25, 0.3) is 5.91 Å². The highest BCUT2D eigenvalue weighted by molar-refractivity contribution is 6.08. The van der Waals surface area contributed by atoms with Gasteiger partial charge >= 0.3 is 0 Å². The van der Waals surface area contributed by atoms with Crippen molar-refractivity contribution in [1.29, 1.82) is 5.53 Å². The summed E-state index contributed by atoms with van der Waals surface area (Å²) in [6, 6.07) is 20.1. The van der Waals surface area contributed by atoms with Crippen LogP contribution in [-0.2, 0) is 4.79 Å². The van der Waals surface area contributed by atoms with Gasteiger partial charge in [0.05, 0.1) is 11.8 Å². The average molecular weight is 372 g/mol. The lowest BCUT2D eigenvalue weighted by Crippen LogP contribution is -2.33. The summed E-state index contributed by atoms with van der Waals surface area (Å²) in [6.45, 7) is -0.159. The van der Waals surface area contributed by atoms with Crippen LogP contribution in [0.15, 0.2) is 76.5 Å². The van der Waals surface area contributed by atoms with Crippen LogP contribution in [0, 0.1) is 11.4 Å². The van der Waals surface area contributed by atoms with Crippen molar-refractivity contribution in [3.63, 3.8) is 0 Å². The zero-order chi connectivity index (χ0) is 19.3. The number of nitrogens with zero attached hydrogens (tertiary/aromatic N) is 4. The molecule has 2 aromatic rings. The molecule has 6 heteroatoms. The number of fused-ring (bicyclic) bond motifs is 1. The summed E-state index contributed by atoms with van der Waals surface area (Å²) in [4.78, 5) is 15.7. The fourth-order valence-corrected chi connectivity index (χ4v) is 4.11. The lowest BCUT2D eigenvalue weighted by Gasteiger charge is -2.29. The maximum absolute atomic E-state index is 12.8. The number of nitrogens with one attached hydrogen (secondary N) is 1. The molecule has 1 aliphatic carbocycles. The zero-order valence-electron chi connectivity index (χ0n) is 15.5. The number of allylic oxidation sites excluding steroid dienone is 1. The van der Waals surface area contributed by atoms with E-state index in [0.717, 1.165) is 36.1 Å². The van der Waals surface area contributed by atoms with Crippen molar-refractivity contribution < 1.29 is 4.79 Å². The lowest BCUT2D eigenvalue weighted by molar-refractivity contribution is -0.132. The summed E-state index contributed by atoms with van der Waals surface area (Å²) in [6.07, 6.45) is 5.21. The number of rotatable bonds is 4. The van der Waals surface area contributed by atoms with Gasteiger partial charge < -0.3 is 0 Å². The van der Waals surface area contributed by atoms with E-state index < -0.39 is 0 Å². The van der Waals surface area contributed by atoms with Crippen LogP contribution >= 0.6 is 0 Å². The standard InChI is InChI=1S/C22H22N5O/c23-26-24-15-20(28)27-22(17-10-5-2-6-11-17)19-13-7-12-18(21(19)25-27)14-16-8-3-1-4-9-16/h1-6,8-11,14,19,22-23H,7,12-13,15H2/q+1/b18-14-/t19-,22-/m1/s1. The van der Waals surface area contributed by atoms with Crippen LogP contribution in [0.5, 0.6) is 0 Å². The first-order valence-electron chi connectivity index (χ1n) is 9.52. The van der Waals surface area contributed by atoms with E-state index in [-0.39, 0.29) is 24.4 Å². The molecule has 2 aromatic carbocycles. The second-order valence-corrected chi connectivity index (χ2v) is 7.06. The van der Waals surface area contributed by atoms with E-state index >= 15 is 0 Å². The van der Waals surface area contributed by atoms with Crippen LogP contribution in [0.3, 0.4) is 0 Å². The highest BCUT2D eigenvalue weighted by atomic mass is 16.2. The second-order valence-electron chi connectivity index (χ2n) is 7.06. The van der Waals surface area contributed by atoms with E-state index in [4.69, 9.17) is 10.6 Å². The number of hydrogen-bond donors (Lipinski definition) is 1. The quantitative estimate of drug-likeness (QED) is 0.628. The molecule has 1 aliphatic heterocycles. The van der Waals surface area contributed by atoms with Crippen molar-refractivity contribution in [1.82, 2.24) is 9.92 Å². The Labute approximate surface area is 163 Å². The average Bonchev–Trinajstić information content (AvgIpc) is 3.14. The fraction of sp³-hybridized carbons (Fsp3) is 0.273. The number of amides is 1. The Morgan fingerprint density at radius 1 is 1.18 bits per heavy atom. The monoisotopic (exact) mass is 372 g/mol. The van der Waals surface area contributed by atoms with Gasteiger partial charge in [-0.15, -0.1) is 0 Å². The van der Waals surface area contributed by atoms with Crippen molar-refractivity contribution in [2.45, 2.75) is 25.3 Å². The van der Waals surface area contributed by atoms with Crippen molar-refractivity contribution >= 4 is 17.7 Å². The van der Waals surface area contributed by atoms with Gasteiger partial charge in [0, 0.05) is 5.92 Å². The Morgan fingerprint density at radius 2 is 1.89 bits per heavy atom. The Kier molecular flexibility index (Phi) is 5.22. The van der Waals surface area contributed by atoms with E-state index in [1.165, 1.54) is 5.57 Å². The summed E-state index contributed by atoms with van der Waals surface area (Å²) in [5, 5.41) is 9.90. The Balaban J connectivity index is 1.74. The molecular weight excluding hydrogens is 350 g/mol. The second kappa shape index (κ2) is 8.11. The topological polar surface area (TPSA) is 83.0 Å². The summed E-state index contributed by atoms with van der Waals surface area (Å²) in [5.41, 5.74) is 11.3. The van der Waals surface area contributed by atoms with Gasteiger partial charge in [-0.25, -0.2) is 5.01 Å². The van der Waals surface area contributed by atoms with Crippen LogP contribution in [0.1, 0.15) is 36.4 Å². The third-order valence-electron chi connectivity index (χ3n) is 5.32. The molecule has 1 amide bonds. The summed E-state index contributed by atoms with van der Waals surface area (Å²) in [5.74, 6) is -0.0613. The predicted molar refractivity (Wildman–Crippen MR) is 107 cm³/mol. The van der Waals surface area contributed by atoms with Crippen molar-refractivity contribution in [2.75, 3.05) is 6.54 Å². The number of hydrogen-bond acceptors (Lipinski definition) is 4. The Bertz CT molecular complexity index is 961. The third kappa shape index (κ3) is 3.55. The molecule has 140 valence electrons. The van der Waals surface area contributed by atoms with Crippen LogP contribution in [0.25, 0.3) is 6.08 Å². The highest BCUT2D eigenvalue weighted by Gasteiger charge is 2.43. The molecule has 28 heavy (non-hydrogen) atoms. The summed E-state index contributed by atoms with van der Waals surface area (Å²) in [7, 11) is 0. The molecule has 1 saturated carbocycles. The molecule has 0 saturated heterocycles. The smallest absolute Gasteiger partial charge is 0.270 e. The van der Waals surface area contributed by atoms with Gasteiger partial charge in [0.2, 0.25) is 11.5 Å². The fourth-order valence-electron chi connectivity index (χ4n) is 4.11. The first kappa shape index (κ1) is 18.0. The molecule has 0 spiro atoms. The maximum atomic E-state index is 12.8. The molecule has 6 nitrogen and oxygen atoms in total. The van der Waals surface area contributed by atoms with E-state index in [2.05, 4.69) is 28.2 Å². The van der Waals surface area contributed by atoms with Crippen LogP contribution in [0.2, 0.25) is 0 Å². The molecule has 0 bridgehead atoms. The minimum absolute atomic E-state index is 0.135. The summed E-state index contributed by atoms with van der Waals surface area (Å²) < 4.78 is 0. The minimum Gasteiger partial charge on any atom is -0.270 e. The molecule has 1 N–H and O–H groups in total. The van der Waals surface area contributed by atoms with E-state index in [1.807, 2.05) is 48.5 Å². The van der Waals surface area contributed by atoms with Gasteiger partial charge in [0.1, 0.15) is 10.6 Å². The van der Waals surface area contributed by atoms with Gasteiger partial charge in [-0.2, -0.15) is 5.10 Å². The van der Waals surface area contributed by atoms with Gasteiger partial charge in [0.15, 0.2) is 0 Å². The van der Waals surface area contributed by atoms with Crippen molar-refractivity contribution in [2.24, 2.45) is 16.1 Å². The first-order chi connectivity index (χ1) is 13.8. The summed E-state index contributed by atoms with van der Waals surface area (Å²) >= 11 is 0. The van der Waals surface area contributed by atoms with Crippen LogP contribution < -0.4 is 4.91 Å². The Hall–Kier alpha value is -3.37. The molecule has 0 unspecified atom stereocenters. The van der Waals surface area contributed by atoms with Crippen LogP contribution in [0.4, 0.5) is 0 Å². The van der Waals surface area contributed by atoms with Gasteiger partial charge in [-0.05, 0) is 42.0 Å². The highest BCUT2D eigenvalue weighted by Crippen LogP contribution is 2.44. The zero-order valence-corrected chi connectivity index (χ0v) is 15.5. The molecule has 1 heterocycles. The molecular formula is C22H22N5O+. The number of benzene rings is 2. The minimum atomic E-state index is -0.231. The van der Waals surface area contributed by atoms with Gasteiger partial charge in [-0.3, -0.25) is 4.79 Å². The molecule has 2 atom stereocenters. The van der Waals surface area contributed by atoms with Crippen molar-refractivity contribution in [3.8, 4) is 0 Å². The van der Waals surface area contributed by atoms with E-state index in [0.29, 0.717) is 0 Å². The van der Waals surface area contributed by atoms with E-state index in [1.54, 1.807) is 5.01 Å². The Morgan fingerprint density at radius 3 is 2.61 bits per heavy atom. The third-order valence-corrected chi connectivity index (χ3v) is 5.32. The largest absolute Gasteiger partial charge is 0.272 e. The van der Waals surface area contributed by atoms with E-state index in [9.17, 15) is 4.79 Å². The van der Waals surface area contributed by atoms with Gasteiger partial charge in [-0.1, -0.05) is 60.7 Å². The number of carbonyl (C=O) groups is 1. The number of hydrazone groups is 1. The SMILES string of the molecule is N=[N+]=NCC(=O)N1N=C2/C(=C\c3ccccc3)CCC[C@H]2[C@H]1c1ccccc1. The van der Waals surface area contributed by atoms with Crippen LogP contribution in [-0.4, -0.2) is 23.2 Å². The predicted octanol–water partition coefficient (Wildman–Crippen LogP) is 4.36. The maximum Gasteiger partial charge on any atom is 0.272 e.